The first-order valence-corrected chi connectivity index (χ1v) is 9.38. The molecule has 146 valence electrons. The molecule has 0 saturated carbocycles. The van der Waals surface area contributed by atoms with Crippen LogP contribution in [-0.2, 0) is 11.3 Å². The van der Waals surface area contributed by atoms with Crippen LogP contribution in [0.15, 0.2) is 60.7 Å². The summed E-state index contributed by atoms with van der Waals surface area (Å²) in [5.41, 5.74) is 3.25. The van der Waals surface area contributed by atoms with Gasteiger partial charge in [-0.15, -0.1) is 0 Å². The van der Waals surface area contributed by atoms with Gasteiger partial charge >= 0.3 is 6.03 Å². The van der Waals surface area contributed by atoms with Crippen molar-refractivity contribution in [2.45, 2.75) is 25.9 Å². The predicted molar refractivity (Wildman–Crippen MR) is 109 cm³/mol. The lowest BCUT2D eigenvalue weighted by molar-refractivity contribution is -0.124. The minimum atomic E-state index is -0.488. The molecule has 6 heteroatoms. The topological polar surface area (TPSA) is 81.7 Å². The minimum absolute atomic E-state index is 0.248. The maximum atomic E-state index is 12.4. The van der Waals surface area contributed by atoms with Crippen molar-refractivity contribution in [2.24, 2.45) is 0 Å². The fourth-order valence-electron chi connectivity index (χ4n) is 3.18. The summed E-state index contributed by atoms with van der Waals surface area (Å²) in [5, 5.41) is 14.5. The molecule has 1 unspecified atom stereocenters. The Kier molecular flexibility index (Phi) is 6.45. The van der Waals surface area contributed by atoms with Crippen LogP contribution in [0.25, 0.3) is 5.57 Å². The molecule has 2 aromatic rings. The minimum Gasteiger partial charge on any atom is -0.508 e. The Morgan fingerprint density at radius 1 is 1.11 bits per heavy atom. The molecule has 3 amide bonds. The van der Waals surface area contributed by atoms with Gasteiger partial charge in [0.15, 0.2) is 0 Å². The van der Waals surface area contributed by atoms with Crippen molar-refractivity contribution in [1.82, 2.24) is 15.5 Å². The molecular weight excluding hydrogens is 354 g/mol. The second-order valence-electron chi connectivity index (χ2n) is 6.85. The van der Waals surface area contributed by atoms with E-state index in [0.29, 0.717) is 13.1 Å². The average Bonchev–Trinajstić information content (AvgIpc) is 2.73. The third-order valence-electron chi connectivity index (χ3n) is 4.94. The fraction of sp³-hybridized carbons (Fsp3) is 0.273. The maximum Gasteiger partial charge on any atom is 0.321 e. The number of imide groups is 1. The molecule has 0 spiro atoms. The van der Waals surface area contributed by atoms with Crippen LogP contribution >= 0.6 is 0 Å². The lowest BCUT2D eigenvalue weighted by Crippen LogP contribution is -2.50. The summed E-state index contributed by atoms with van der Waals surface area (Å²) in [6.07, 6.45) is 2.90. The third-order valence-corrected chi connectivity index (χ3v) is 4.94. The first-order valence-electron chi connectivity index (χ1n) is 9.38. The lowest BCUT2D eigenvalue weighted by atomic mass is 9.98. The summed E-state index contributed by atoms with van der Waals surface area (Å²) < 4.78 is 0. The highest BCUT2D eigenvalue weighted by Crippen LogP contribution is 2.24. The number of phenols is 1. The van der Waals surface area contributed by atoms with Gasteiger partial charge in [-0.3, -0.25) is 15.0 Å². The van der Waals surface area contributed by atoms with Crippen molar-refractivity contribution in [3.05, 3.63) is 71.8 Å². The first kappa shape index (κ1) is 19.6. The van der Waals surface area contributed by atoms with E-state index in [4.69, 9.17) is 0 Å². The van der Waals surface area contributed by atoms with Crippen molar-refractivity contribution in [1.29, 1.82) is 0 Å². The van der Waals surface area contributed by atoms with Crippen molar-refractivity contribution >= 4 is 17.5 Å². The van der Waals surface area contributed by atoms with Crippen LogP contribution in [0.4, 0.5) is 4.79 Å². The number of benzene rings is 2. The van der Waals surface area contributed by atoms with Gasteiger partial charge in [-0.25, -0.2) is 4.79 Å². The Labute approximate surface area is 164 Å². The van der Waals surface area contributed by atoms with Crippen molar-refractivity contribution in [3.63, 3.8) is 0 Å². The van der Waals surface area contributed by atoms with Gasteiger partial charge < -0.3 is 10.4 Å². The van der Waals surface area contributed by atoms with Crippen LogP contribution in [0.5, 0.6) is 5.75 Å². The number of nitrogens with one attached hydrogen (secondary N) is 2. The Hall–Kier alpha value is -3.12. The number of carbonyl (C=O) groups is 2. The van der Waals surface area contributed by atoms with E-state index in [9.17, 15) is 14.7 Å². The summed E-state index contributed by atoms with van der Waals surface area (Å²) in [7, 11) is 0. The van der Waals surface area contributed by atoms with Gasteiger partial charge in [-0.2, -0.15) is 0 Å². The van der Waals surface area contributed by atoms with E-state index in [1.54, 1.807) is 19.1 Å². The lowest BCUT2D eigenvalue weighted by Gasteiger charge is -2.31. The Balaban J connectivity index is 1.48. The van der Waals surface area contributed by atoms with Gasteiger partial charge in [0.05, 0.1) is 6.04 Å². The molecule has 1 aliphatic rings. The molecule has 28 heavy (non-hydrogen) atoms. The quantitative estimate of drug-likeness (QED) is 0.746. The number of hydrogen-bond donors (Lipinski definition) is 3. The zero-order valence-electron chi connectivity index (χ0n) is 15.9. The number of urea groups is 1. The van der Waals surface area contributed by atoms with Crippen molar-refractivity contribution in [3.8, 4) is 5.75 Å². The molecular formula is C22H25N3O3. The van der Waals surface area contributed by atoms with E-state index < -0.39 is 12.1 Å². The molecule has 2 aromatic carbocycles. The van der Waals surface area contributed by atoms with E-state index in [2.05, 4.69) is 16.7 Å². The molecule has 3 rings (SSSR count). The Bertz CT molecular complexity index is 847. The number of aromatic hydroxyl groups is 1. The molecule has 1 aliphatic heterocycles. The van der Waals surface area contributed by atoms with E-state index in [1.807, 2.05) is 47.4 Å². The average molecular weight is 379 g/mol. The second kappa shape index (κ2) is 9.19. The highest BCUT2D eigenvalue weighted by atomic mass is 16.3. The van der Waals surface area contributed by atoms with Gasteiger partial charge in [-0.1, -0.05) is 48.5 Å². The monoisotopic (exact) mass is 379 g/mol. The summed E-state index contributed by atoms with van der Waals surface area (Å²) in [6.45, 7) is 3.54. The molecule has 0 aromatic heterocycles. The Morgan fingerprint density at radius 2 is 1.82 bits per heavy atom. The van der Waals surface area contributed by atoms with Gasteiger partial charge in [0, 0.05) is 19.6 Å². The standard InChI is InChI=1S/C22H25N3O3/c1-16(21(27)24-22(28)23-15-17-5-3-2-4-6-17)25-13-11-19(12-14-25)18-7-9-20(26)10-8-18/h2-11,16,26H,12-15H2,1H3,(H2,23,24,27,28). The summed E-state index contributed by atoms with van der Waals surface area (Å²) in [6, 6.07) is 15.8. The number of phenolic OH excluding ortho intramolecular Hbond substituents is 1. The van der Waals surface area contributed by atoms with Gasteiger partial charge in [0.25, 0.3) is 0 Å². The maximum absolute atomic E-state index is 12.4. The van der Waals surface area contributed by atoms with E-state index in [0.717, 1.165) is 24.1 Å². The molecule has 0 aliphatic carbocycles. The SMILES string of the molecule is CC(C(=O)NC(=O)NCc1ccccc1)N1CC=C(c2ccc(O)cc2)CC1. The first-order chi connectivity index (χ1) is 13.5. The van der Waals surface area contributed by atoms with E-state index in [-0.39, 0.29) is 11.7 Å². The largest absolute Gasteiger partial charge is 0.508 e. The van der Waals surface area contributed by atoms with Gasteiger partial charge in [0.1, 0.15) is 5.75 Å². The molecule has 0 saturated heterocycles. The molecule has 0 bridgehead atoms. The smallest absolute Gasteiger partial charge is 0.321 e. The third kappa shape index (κ3) is 5.20. The highest BCUT2D eigenvalue weighted by Gasteiger charge is 2.24. The van der Waals surface area contributed by atoms with Crippen LogP contribution in [0.1, 0.15) is 24.5 Å². The van der Waals surface area contributed by atoms with E-state index in [1.165, 1.54) is 5.57 Å². The summed E-state index contributed by atoms with van der Waals surface area (Å²) in [5.74, 6) is -0.0651. The van der Waals surface area contributed by atoms with Gasteiger partial charge in [-0.05, 0) is 42.2 Å². The summed E-state index contributed by atoms with van der Waals surface area (Å²) in [4.78, 5) is 26.4. The van der Waals surface area contributed by atoms with Crippen LogP contribution in [0.3, 0.4) is 0 Å². The predicted octanol–water partition coefficient (Wildman–Crippen LogP) is 2.90. The van der Waals surface area contributed by atoms with Crippen molar-refractivity contribution < 1.29 is 14.7 Å². The number of amides is 3. The molecule has 3 N–H and O–H groups in total. The summed E-state index contributed by atoms with van der Waals surface area (Å²) >= 11 is 0. The fourth-order valence-corrected chi connectivity index (χ4v) is 3.18. The van der Waals surface area contributed by atoms with Gasteiger partial charge in [0.2, 0.25) is 5.91 Å². The van der Waals surface area contributed by atoms with Crippen LogP contribution in [0, 0.1) is 0 Å². The van der Waals surface area contributed by atoms with E-state index >= 15 is 0 Å². The molecule has 1 heterocycles. The van der Waals surface area contributed by atoms with Crippen LogP contribution < -0.4 is 10.6 Å². The number of hydrogen-bond acceptors (Lipinski definition) is 4. The second-order valence-corrected chi connectivity index (χ2v) is 6.85. The molecule has 0 fully saturated rings. The zero-order chi connectivity index (χ0) is 19.9. The normalized spacial score (nSPS) is 15.4. The Morgan fingerprint density at radius 3 is 2.46 bits per heavy atom. The highest BCUT2D eigenvalue weighted by molar-refractivity contribution is 5.96. The number of carbonyl (C=O) groups excluding carboxylic acids is 2. The zero-order valence-corrected chi connectivity index (χ0v) is 15.9. The van der Waals surface area contributed by atoms with Crippen molar-refractivity contribution in [2.75, 3.05) is 13.1 Å². The molecule has 0 radical (unpaired) electrons. The van der Waals surface area contributed by atoms with Crippen LogP contribution in [-0.4, -0.2) is 41.1 Å². The number of rotatable bonds is 5. The van der Waals surface area contributed by atoms with Crippen LogP contribution in [0.2, 0.25) is 0 Å². The molecule has 6 nitrogen and oxygen atoms in total. The number of nitrogens with zero attached hydrogens (tertiary/aromatic N) is 1. The molecule has 1 atom stereocenters.